The van der Waals surface area contributed by atoms with E-state index in [1.165, 1.54) is 11.8 Å². The van der Waals surface area contributed by atoms with Crippen LogP contribution in [0.3, 0.4) is 0 Å². The molecule has 12 heavy (non-hydrogen) atoms. The molecule has 0 atom stereocenters. The topological polar surface area (TPSA) is 45.8 Å². The molecule has 1 N–H and O–H groups in total. The molecule has 1 aliphatic rings. The molecule has 0 radical (unpaired) electrons. The minimum Gasteiger partial charge on any atom is -0.301 e. The largest absolute Gasteiger partial charge is 0.301 e. The third kappa shape index (κ3) is 1.08. The van der Waals surface area contributed by atoms with Crippen molar-refractivity contribution in [1.29, 1.82) is 0 Å². The Bertz CT molecular complexity index is 395. The van der Waals surface area contributed by atoms with Gasteiger partial charge in [0.15, 0.2) is 5.16 Å². The van der Waals surface area contributed by atoms with Crippen LogP contribution in [0.4, 0.5) is 0 Å². The maximum atomic E-state index is 11.3. The molecule has 3 nitrogen and oxygen atoms in total. The number of aromatic amines is 1. The van der Waals surface area contributed by atoms with Gasteiger partial charge in [0.05, 0.1) is 11.3 Å². The van der Waals surface area contributed by atoms with Crippen LogP contribution in [-0.4, -0.2) is 16.2 Å². The molecule has 0 aliphatic heterocycles. The van der Waals surface area contributed by atoms with Crippen LogP contribution in [-0.2, 0) is 6.42 Å². The van der Waals surface area contributed by atoms with Gasteiger partial charge in [-0.25, -0.2) is 4.98 Å². The zero-order chi connectivity index (χ0) is 8.55. The second-order valence-corrected chi connectivity index (χ2v) is 3.34. The lowest BCUT2D eigenvalue weighted by Crippen LogP contribution is -2.13. The highest BCUT2D eigenvalue weighted by Crippen LogP contribution is 2.15. The number of thioether (sulfide) groups is 1. The van der Waals surface area contributed by atoms with Gasteiger partial charge in [0.2, 0.25) is 0 Å². The minimum absolute atomic E-state index is 0.0295. The molecule has 0 spiro atoms. The molecule has 0 bridgehead atoms. The molecular formula is C8H8N2OS. The van der Waals surface area contributed by atoms with Crippen molar-refractivity contribution in [3.63, 3.8) is 0 Å². The van der Waals surface area contributed by atoms with Crippen LogP contribution in [0.2, 0.25) is 0 Å². The summed E-state index contributed by atoms with van der Waals surface area (Å²) in [6.45, 7) is 0. The molecular weight excluding hydrogens is 172 g/mol. The Hall–Kier alpha value is -1.03. The standard InChI is InChI=1S/C8H8N2OS/c1-12-8-9-6-4-2-3-5(6)7(11)10-8/h2-3H,4H2,1H3,(H,9,10,11). The summed E-state index contributed by atoms with van der Waals surface area (Å²) in [4.78, 5) is 18.3. The van der Waals surface area contributed by atoms with Crippen molar-refractivity contribution in [3.05, 3.63) is 27.7 Å². The molecule has 1 heterocycles. The van der Waals surface area contributed by atoms with E-state index in [4.69, 9.17) is 0 Å². The smallest absolute Gasteiger partial charge is 0.259 e. The maximum Gasteiger partial charge on any atom is 0.259 e. The zero-order valence-electron chi connectivity index (χ0n) is 6.63. The molecule has 0 saturated carbocycles. The summed E-state index contributed by atoms with van der Waals surface area (Å²) in [5, 5.41) is 0.697. The molecule has 0 unspecified atom stereocenters. The fourth-order valence-electron chi connectivity index (χ4n) is 1.22. The van der Waals surface area contributed by atoms with E-state index in [0.717, 1.165) is 12.1 Å². The van der Waals surface area contributed by atoms with E-state index in [9.17, 15) is 4.79 Å². The highest BCUT2D eigenvalue weighted by molar-refractivity contribution is 7.98. The number of H-pyrrole nitrogens is 1. The Balaban J connectivity index is 2.64. The molecule has 0 amide bonds. The number of rotatable bonds is 1. The van der Waals surface area contributed by atoms with Crippen LogP contribution in [0.25, 0.3) is 6.08 Å². The molecule has 62 valence electrons. The Labute approximate surface area is 73.9 Å². The Morgan fingerprint density at radius 2 is 2.50 bits per heavy atom. The number of fused-ring (bicyclic) bond motifs is 1. The maximum absolute atomic E-state index is 11.3. The van der Waals surface area contributed by atoms with Gasteiger partial charge in [-0.3, -0.25) is 4.79 Å². The van der Waals surface area contributed by atoms with Crippen LogP contribution < -0.4 is 5.56 Å². The lowest BCUT2D eigenvalue weighted by atomic mass is 10.3. The van der Waals surface area contributed by atoms with Gasteiger partial charge in [-0.1, -0.05) is 23.9 Å². The van der Waals surface area contributed by atoms with Gasteiger partial charge < -0.3 is 4.98 Å². The second-order valence-electron chi connectivity index (χ2n) is 2.54. The van der Waals surface area contributed by atoms with Crippen molar-refractivity contribution in [2.75, 3.05) is 6.26 Å². The number of hydrogen-bond donors (Lipinski definition) is 1. The first-order valence-electron chi connectivity index (χ1n) is 3.65. The van der Waals surface area contributed by atoms with Crippen molar-refractivity contribution in [2.24, 2.45) is 0 Å². The summed E-state index contributed by atoms with van der Waals surface area (Å²) in [6, 6.07) is 0. The summed E-state index contributed by atoms with van der Waals surface area (Å²) >= 11 is 1.45. The van der Waals surface area contributed by atoms with E-state index >= 15 is 0 Å². The number of aromatic nitrogens is 2. The average Bonchev–Trinajstić information content (AvgIpc) is 2.52. The third-order valence-corrected chi connectivity index (χ3v) is 2.38. The predicted octanol–water partition coefficient (Wildman–Crippen LogP) is 1.06. The number of nitrogens with zero attached hydrogens (tertiary/aromatic N) is 1. The van der Waals surface area contributed by atoms with Crippen LogP contribution in [0.5, 0.6) is 0 Å². The summed E-state index contributed by atoms with van der Waals surface area (Å²) in [5.74, 6) is 0. The molecule has 1 aromatic rings. The van der Waals surface area contributed by atoms with Gasteiger partial charge in [0.1, 0.15) is 0 Å². The van der Waals surface area contributed by atoms with E-state index in [2.05, 4.69) is 9.97 Å². The number of allylic oxidation sites excluding steroid dienone is 1. The van der Waals surface area contributed by atoms with E-state index in [0.29, 0.717) is 10.7 Å². The molecule has 1 aromatic heterocycles. The monoisotopic (exact) mass is 180 g/mol. The SMILES string of the molecule is CSc1nc2c(c(=O)[nH]1)C=CC2. The first kappa shape index (κ1) is 7.61. The van der Waals surface area contributed by atoms with E-state index in [1.54, 1.807) is 0 Å². The Morgan fingerprint density at radius 1 is 1.67 bits per heavy atom. The summed E-state index contributed by atoms with van der Waals surface area (Å²) in [6.07, 6.45) is 6.46. The zero-order valence-corrected chi connectivity index (χ0v) is 7.44. The average molecular weight is 180 g/mol. The second kappa shape index (κ2) is 2.79. The number of hydrogen-bond acceptors (Lipinski definition) is 3. The molecule has 2 rings (SSSR count). The van der Waals surface area contributed by atoms with Gasteiger partial charge >= 0.3 is 0 Å². The molecule has 4 heteroatoms. The minimum atomic E-state index is -0.0295. The predicted molar refractivity (Wildman–Crippen MR) is 49.4 cm³/mol. The summed E-state index contributed by atoms with van der Waals surface area (Å²) in [5.41, 5.74) is 1.58. The highest BCUT2D eigenvalue weighted by Gasteiger charge is 2.11. The number of nitrogens with one attached hydrogen (secondary N) is 1. The highest BCUT2D eigenvalue weighted by atomic mass is 32.2. The van der Waals surface area contributed by atoms with Crippen molar-refractivity contribution in [2.45, 2.75) is 11.6 Å². The van der Waals surface area contributed by atoms with Crippen molar-refractivity contribution < 1.29 is 0 Å². The van der Waals surface area contributed by atoms with Gasteiger partial charge in [-0.15, -0.1) is 0 Å². The quantitative estimate of drug-likeness (QED) is 0.519. The summed E-state index contributed by atoms with van der Waals surface area (Å²) < 4.78 is 0. The Morgan fingerprint density at radius 3 is 3.25 bits per heavy atom. The van der Waals surface area contributed by atoms with Crippen LogP contribution in [0.15, 0.2) is 16.0 Å². The van der Waals surface area contributed by atoms with Crippen molar-refractivity contribution >= 4 is 17.8 Å². The third-order valence-electron chi connectivity index (χ3n) is 1.80. The van der Waals surface area contributed by atoms with Gasteiger partial charge in [0, 0.05) is 6.42 Å². The lowest BCUT2D eigenvalue weighted by molar-refractivity contribution is 0.892. The van der Waals surface area contributed by atoms with Gasteiger partial charge in [-0.2, -0.15) is 0 Å². The van der Waals surface area contributed by atoms with E-state index < -0.39 is 0 Å². The molecule has 0 saturated heterocycles. The van der Waals surface area contributed by atoms with Crippen molar-refractivity contribution in [1.82, 2.24) is 9.97 Å². The summed E-state index contributed by atoms with van der Waals surface area (Å²) in [7, 11) is 0. The lowest BCUT2D eigenvalue weighted by Gasteiger charge is -1.99. The molecule has 0 fully saturated rings. The molecule has 0 aromatic carbocycles. The van der Waals surface area contributed by atoms with Gasteiger partial charge in [0.25, 0.3) is 5.56 Å². The fraction of sp³-hybridized carbons (Fsp3) is 0.250. The van der Waals surface area contributed by atoms with Crippen molar-refractivity contribution in [3.8, 4) is 0 Å². The first-order chi connectivity index (χ1) is 5.81. The first-order valence-corrected chi connectivity index (χ1v) is 4.87. The Kier molecular flexibility index (Phi) is 1.77. The normalized spacial score (nSPS) is 13.4. The van der Waals surface area contributed by atoms with Crippen LogP contribution in [0.1, 0.15) is 11.3 Å². The van der Waals surface area contributed by atoms with Crippen LogP contribution >= 0.6 is 11.8 Å². The van der Waals surface area contributed by atoms with Gasteiger partial charge in [-0.05, 0) is 6.26 Å². The van der Waals surface area contributed by atoms with E-state index in [-0.39, 0.29) is 5.56 Å². The fourth-order valence-corrected chi connectivity index (χ4v) is 1.62. The van der Waals surface area contributed by atoms with E-state index in [1.807, 2.05) is 18.4 Å². The van der Waals surface area contributed by atoms with Crippen LogP contribution in [0, 0.1) is 0 Å². The molecule has 1 aliphatic carbocycles.